The SMILES string of the molecule is Cc1ccc(-c2ccc3c(c2)C=C(C(=O)Nc2ccc(CN(C)C4CCCCC4)cc2)CCO3)cc1. The Bertz CT molecular complexity index is 1220. The minimum Gasteiger partial charge on any atom is -0.493 e. The van der Waals surface area contributed by atoms with Crippen LogP contribution in [-0.4, -0.2) is 30.5 Å². The zero-order valence-electron chi connectivity index (χ0n) is 21.4. The van der Waals surface area contributed by atoms with Gasteiger partial charge in [-0.3, -0.25) is 9.69 Å². The number of ether oxygens (including phenoxy) is 1. The van der Waals surface area contributed by atoms with Gasteiger partial charge < -0.3 is 10.1 Å². The average Bonchev–Trinajstić information content (AvgIpc) is 3.13. The Morgan fingerprint density at radius 3 is 2.42 bits per heavy atom. The van der Waals surface area contributed by atoms with Crippen LogP contribution in [0.15, 0.2) is 72.3 Å². The molecule has 0 bridgehead atoms. The topological polar surface area (TPSA) is 41.6 Å². The molecule has 0 atom stereocenters. The molecule has 0 radical (unpaired) electrons. The predicted octanol–water partition coefficient (Wildman–Crippen LogP) is 7.23. The molecule has 5 rings (SSSR count). The van der Waals surface area contributed by atoms with Crippen LogP contribution in [0.2, 0.25) is 0 Å². The molecule has 1 N–H and O–H groups in total. The van der Waals surface area contributed by atoms with Crippen molar-refractivity contribution in [1.82, 2.24) is 4.90 Å². The summed E-state index contributed by atoms with van der Waals surface area (Å²) in [5, 5.41) is 3.09. The lowest BCUT2D eigenvalue weighted by molar-refractivity contribution is -0.113. The maximum atomic E-state index is 13.1. The smallest absolute Gasteiger partial charge is 0.251 e. The highest BCUT2D eigenvalue weighted by Crippen LogP contribution is 2.31. The molecule has 4 heteroatoms. The third-order valence-corrected chi connectivity index (χ3v) is 7.49. The van der Waals surface area contributed by atoms with Crippen molar-refractivity contribution in [3.63, 3.8) is 0 Å². The molecule has 2 aliphatic rings. The van der Waals surface area contributed by atoms with Crippen molar-refractivity contribution >= 4 is 17.7 Å². The molecule has 3 aromatic carbocycles. The van der Waals surface area contributed by atoms with Gasteiger partial charge in [0.15, 0.2) is 0 Å². The molecule has 1 fully saturated rings. The Hall–Kier alpha value is -3.37. The number of anilines is 1. The number of rotatable bonds is 6. The second-order valence-corrected chi connectivity index (χ2v) is 10.2. The van der Waals surface area contributed by atoms with E-state index in [1.54, 1.807) is 0 Å². The molecule has 0 saturated heterocycles. The number of benzene rings is 3. The van der Waals surface area contributed by atoms with E-state index in [1.807, 2.05) is 24.3 Å². The maximum absolute atomic E-state index is 13.1. The van der Waals surface area contributed by atoms with Crippen LogP contribution < -0.4 is 10.1 Å². The molecular weight excluding hydrogens is 444 g/mol. The number of nitrogens with one attached hydrogen (secondary N) is 1. The Morgan fingerprint density at radius 1 is 0.944 bits per heavy atom. The van der Waals surface area contributed by atoms with Gasteiger partial charge in [0.25, 0.3) is 5.91 Å². The third-order valence-electron chi connectivity index (χ3n) is 7.49. The van der Waals surface area contributed by atoms with Gasteiger partial charge in [0.2, 0.25) is 0 Å². The Balaban J connectivity index is 1.26. The average molecular weight is 481 g/mol. The van der Waals surface area contributed by atoms with Crippen molar-refractivity contribution in [2.24, 2.45) is 0 Å². The molecule has 1 aliphatic heterocycles. The molecule has 1 amide bonds. The molecule has 36 heavy (non-hydrogen) atoms. The van der Waals surface area contributed by atoms with Gasteiger partial charge in [0.1, 0.15) is 5.75 Å². The fraction of sp³-hybridized carbons (Fsp3) is 0.344. The number of amides is 1. The van der Waals surface area contributed by atoms with E-state index in [-0.39, 0.29) is 5.91 Å². The zero-order valence-corrected chi connectivity index (χ0v) is 21.4. The minimum atomic E-state index is -0.0701. The van der Waals surface area contributed by atoms with E-state index in [4.69, 9.17) is 4.74 Å². The molecular formula is C32H36N2O2. The first-order valence-corrected chi connectivity index (χ1v) is 13.2. The van der Waals surface area contributed by atoms with E-state index in [0.29, 0.717) is 19.1 Å². The molecule has 0 aromatic heterocycles. The number of carbonyl (C=O) groups is 1. The molecule has 4 nitrogen and oxygen atoms in total. The van der Waals surface area contributed by atoms with Crippen LogP contribution >= 0.6 is 0 Å². The lowest BCUT2D eigenvalue weighted by Crippen LogP contribution is -2.32. The number of hydrogen-bond acceptors (Lipinski definition) is 3. The number of fused-ring (bicyclic) bond motifs is 1. The molecule has 1 aliphatic carbocycles. The van der Waals surface area contributed by atoms with Crippen molar-refractivity contribution in [1.29, 1.82) is 0 Å². The lowest BCUT2D eigenvalue weighted by atomic mass is 9.94. The summed E-state index contributed by atoms with van der Waals surface area (Å²) in [7, 11) is 2.23. The first kappa shape index (κ1) is 24.3. The summed E-state index contributed by atoms with van der Waals surface area (Å²) >= 11 is 0. The molecule has 1 heterocycles. The van der Waals surface area contributed by atoms with Crippen molar-refractivity contribution in [3.05, 3.63) is 89.0 Å². The van der Waals surface area contributed by atoms with Crippen LogP contribution in [0.25, 0.3) is 17.2 Å². The van der Waals surface area contributed by atoms with E-state index in [2.05, 4.69) is 72.7 Å². The Labute approximate surface area is 215 Å². The van der Waals surface area contributed by atoms with Crippen LogP contribution in [0.3, 0.4) is 0 Å². The summed E-state index contributed by atoms with van der Waals surface area (Å²) < 4.78 is 5.95. The van der Waals surface area contributed by atoms with E-state index in [0.717, 1.165) is 40.2 Å². The fourth-order valence-corrected chi connectivity index (χ4v) is 5.27. The van der Waals surface area contributed by atoms with Gasteiger partial charge in [0, 0.05) is 35.8 Å². The van der Waals surface area contributed by atoms with Gasteiger partial charge in [-0.25, -0.2) is 0 Å². The van der Waals surface area contributed by atoms with Crippen molar-refractivity contribution in [2.45, 2.75) is 58.0 Å². The largest absolute Gasteiger partial charge is 0.493 e. The second kappa shape index (κ2) is 11.1. The summed E-state index contributed by atoms with van der Waals surface area (Å²) in [6, 6.07) is 23.7. The molecule has 0 unspecified atom stereocenters. The third kappa shape index (κ3) is 5.88. The van der Waals surface area contributed by atoms with E-state index in [1.165, 1.54) is 43.2 Å². The van der Waals surface area contributed by atoms with Gasteiger partial charge in [-0.2, -0.15) is 0 Å². The highest BCUT2D eigenvalue weighted by Gasteiger charge is 2.19. The maximum Gasteiger partial charge on any atom is 0.251 e. The summed E-state index contributed by atoms with van der Waals surface area (Å²) in [5.74, 6) is 0.749. The van der Waals surface area contributed by atoms with Gasteiger partial charge in [-0.1, -0.05) is 67.3 Å². The fourth-order valence-electron chi connectivity index (χ4n) is 5.27. The standard InChI is InChI=1S/C32H36N2O2/c1-23-8-12-25(13-9-23)26-14-17-31-28(20-26)21-27(18-19-36-31)32(35)33-29-15-10-24(11-16-29)22-34(2)30-6-4-3-5-7-30/h8-17,20-21,30H,3-7,18-19,22H2,1-2H3,(H,33,35). The second-order valence-electron chi connectivity index (χ2n) is 10.2. The van der Waals surface area contributed by atoms with Gasteiger partial charge >= 0.3 is 0 Å². The number of carbonyl (C=O) groups excluding carboxylic acids is 1. The van der Waals surface area contributed by atoms with E-state index < -0.39 is 0 Å². The van der Waals surface area contributed by atoms with Crippen LogP contribution in [0.5, 0.6) is 5.75 Å². The van der Waals surface area contributed by atoms with Gasteiger partial charge in [-0.05, 0) is 73.8 Å². The first-order chi connectivity index (χ1) is 17.5. The van der Waals surface area contributed by atoms with Crippen LogP contribution in [0.4, 0.5) is 5.69 Å². The molecule has 186 valence electrons. The minimum absolute atomic E-state index is 0.0701. The zero-order chi connectivity index (χ0) is 24.9. The highest BCUT2D eigenvalue weighted by atomic mass is 16.5. The van der Waals surface area contributed by atoms with Crippen molar-refractivity contribution in [3.8, 4) is 16.9 Å². The van der Waals surface area contributed by atoms with Crippen molar-refractivity contribution in [2.75, 3.05) is 19.0 Å². The van der Waals surface area contributed by atoms with Crippen LogP contribution in [0.1, 0.15) is 55.2 Å². The van der Waals surface area contributed by atoms with Gasteiger partial charge in [0.05, 0.1) is 6.61 Å². The summed E-state index contributed by atoms with van der Waals surface area (Å²) in [4.78, 5) is 15.6. The normalized spacial score (nSPS) is 16.0. The molecule has 0 spiro atoms. The highest BCUT2D eigenvalue weighted by molar-refractivity contribution is 6.07. The Kier molecular flexibility index (Phi) is 7.52. The monoisotopic (exact) mass is 480 g/mol. The van der Waals surface area contributed by atoms with E-state index >= 15 is 0 Å². The molecule has 1 saturated carbocycles. The van der Waals surface area contributed by atoms with E-state index in [9.17, 15) is 4.79 Å². The summed E-state index contributed by atoms with van der Waals surface area (Å²) in [6.07, 6.45) is 9.23. The van der Waals surface area contributed by atoms with Gasteiger partial charge in [-0.15, -0.1) is 0 Å². The summed E-state index contributed by atoms with van der Waals surface area (Å²) in [5.41, 5.74) is 7.28. The quantitative estimate of drug-likeness (QED) is 0.405. The predicted molar refractivity (Wildman–Crippen MR) is 148 cm³/mol. The van der Waals surface area contributed by atoms with Crippen LogP contribution in [0, 0.1) is 6.92 Å². The number of aryl methyl sites for hydroxylation is 1. The summed E-state index contributed by atoms with van der Waals surface area (Å²) in [6.45, 7) is 3.52. The molecule has 3 aromatic rings. The van der Waals surface area contributed by atoms with Crippen LogP contribution in [-0.2, 0) is 11.3 Å². The number of nitrogens with zero attached hydrogens (tertiary/aromatic N) is 1. The number of hydrogen-bond donors (Lipinski definition) is 1. The lowest BCUT2D eigenvalue weighted by Gasteiger charge is -2.31. The van der Waals surface area contributed by atoms with Crippen molar-refractivity contribution < 1.29 is 9.53 Å². The first-order valence-electron chi connectivity index (χ1n) is 13.2. The Morgan fingerprint density at radius 2 is 1.67 bits per heavy atom.